The number of benzene rings is 1. The maximum atomic E-state index is 11.2. The van der Waals surface area contributed by atoms with E-state index in [0.717, 1.165) is 36.6 Å². The maximum absolute atomic E-state index is 11.2. The van der Waals surface area contributed by atoms with E-state index in [1.54, 1.807) is 13.1 Å². The van der Waals surface area contributed by atoms with Crippen LogP contribution >= 0.6 is 11.6 Å². The van der Waals surface area contributed by atoms with Gasteiger partial charge in [-0.3, -0.25) is 0 Å². The highest BCUT2D eigenvalue weighted by molar-refractivity contribution is 6.28. The lowest BCUT2D eigenvalue weighted by Crippen LogP contribution is -2.25. The lowest BCUT2D eigenvalue weighted by molar-refractivity contribution is -0.117. The van der Waals surface area contributed by atoms with Gasteiger partial charge in [-0.05, 0) is 48.2 Å². The molecule has 2 atom stereocenters. The molecule has 6 heteroatoms. The molecule has 1 aromatic heterocycles. The zero-order valence-electron chi connectivity index (χ0n) is 14.5. The van der Waals surface area contributed by atoms with Gasteiger partial charge in [-0.1, -0.05) is 19.1 Å². The molecule has 0 radical (unpaired) electrons. The van der Waals surface area contributed by atoms with E-state index < -0.39 is 0 Å². The van der Waals surface area contributed by atoms with Crippen molar-refractivity contribution >= 4 is 23.2 Å². The third kappa shape index (κ3) is 4.69. The minimum absolute atomic E-state index is 0.120. The van der Waals surface area contributed by atoms with Gasteiger partial charge < -0.3 is 14.4 Å². The number of rotatable bonds is 6. The molecule has 1 saturated heterocycles. The van der Waals surface area contributed by atoms with Gasteiger partial charge in [-0.15, -0.1) is 0 Å². The van der Waals surface area contributed by atoms with Crippen LogP contribution in [0.5, 0.6) is 5.75 Å². The van der Waals surface area contributed by atoms with Crippen LogP contribution in [0.25, 0.3) is 0 Å². The summed E-state index contributed by atoms with van der Waals surface area (Å²) in [6.45, 7) is 5.35. The standard InChI is InChI=1S/C19H22ClN3O2/c1-13(11-14(2)24)15-3-5-16(6-4-15)25-17-8-10-23(12-17)18-7-9-21-19(20)22-18/h3-7,9,13,17H,8,10-12H2,1-2H3/t13-,17?/m1/s1. The van der Waals surface area contributed by atoms with Crippen molar-refractivity contribution in [2.24, 2.45) is 0 Å². The molecule has 1 aromatic carbocycles. The van der Waals surface area contributed by atoms with E-state index in [1.165, 1.54) is 0 Å². The first-order valence-electron chi connectivity index (χ1n) is 8.51. The Morgan fingerprint density at radius 2 is 2.12 bits per heavy atom. The number of aromatic nitrogens is 2. The topological polar surface area (TPSA) is 55.3 Å². The second-order valence-corrected chi connectivity index (χ2v) is 6.87. The number of Topliss-reactive ketones (excluding diaryl/α,β-unsaturated/α-hetero) is 1. The summed E-state index contributed by atoms with van der Waals surface area (Å²) >= 11 is 5.86. The molecular weight excluding hydrogens is 338 g/mol. The van der Waals surface area contributed by atoms with Gasteiger partial charge in [0.15, 0.2) is 0 Å². The number of hydrogen-bond donors (Lipinski definition) is 0. The molecule has 2 aromatic rings. The fraction of sp³-hybridized carbons (Fsp3) is 0.421. The number of hydrogen-bond acceptors (Lipinski definition) is 5. The van der Waals surface area contributed by atoms with Crippen molar-refractivity contribution in [1.82, 2.24) is 9.97 Å². The van der Waals surface area contributed by atoms with E-state index in [0.29, 0.717) is 6.42 Å². The van der Waals surface area contributed by atoms with Crippen LogP contribution in [-0.4, -0.2) is 34.9 Å². The quantitative estimate of drug-likeness (QED) is 0.733. The monoisotopic (exact) mass is 359 g/mol. The zero-order valence-corrected chi connectivity index (χ0v) is 15.2. The highest BCUT2D eigenvalue weighted by Gasteiger charge is 2.25. The van der Waals surface area contributed by atoms with Crippen LogP contribution in [0.4, 0.5) is 5.82 Å². The van der Waals surface area contributed by atoms with Gasteiger partial charge in [-0.2, -0.15) is 0 Å². The molecule has 2 heterocycles. The van der Waals surface area contributed by atoms with Gasteiger partial charge in [0.05, 0.1) is 6.54 Å². The number of carbonyl (C=O) groups is 1. The van der Waals surface area contributed by atoms with Crippen LogP contribution in [0.3, 0.4) is 0 Å². The van der Waals surface area contributed by atoms with Crippen molar-refractivity contribution in [3.63, 3.8) is 0 Å². The number of nitrogens with zero attached hydrogens (tertiary/aromatic N) is 3. The number of anilines is 1. The Balaban J connectivity index is 1.57. The van der Waals surface area contributed by atoms with Crippen LogP contribution in [0.15, 0.2) is 36.5 Å². The maximum Gasteiger partial charge on any atom is 0.224 e. The Morgan fingerprint density at radius 3 is 2.80 bits per heavy atom. The van der Waals surface area contributed by atoms with Gasteiger partial charge >= 0.3 is 0 Å². The third-order valence-electron chi connectivity index (χ3n) is 4.43. The average molecular weight is 360 g/mol. The summed E-state index contributed by atoms with van der Waals surface area (Å²) in [5.41, 5.74) is 1.16. The fourth-order valence-electron chi connectivity index (χ4n) is 3.15. The van der Waals surface area contributed by atoms with Crippen molar-refractivity contribution in [3.8, 4) is 5.75 Å². The van der Waals surface area contributed by atoms with Crippen LogP contribution < -0.4 is 9.64 Å². The molecule has 0 N–H and O–H groups in total. The second-order valence-electron chi connectivity index (χ2n) is 6.53. The Labute approximate surface area is 153 Å². The largest absolute Gasteiger partial charge is 0.489 e. The first kappa shape index (κ1) is 17.7. The minimum atomic E-state index is 0.120. The molecule has 0 aliphatic carbocycles. The molecule has 0 amide bonds. The Kier molecular flexibility index (Phi) is 5.53. The van der Waals surface area contributed by atoms with E-state index in [9.17, 15) is 4.79 Å². The van der Waals surface area contributed by atoms with Crippen molar-refractivity contribution in [2.75, 3.05) is 18.0 Å². The minimum Gasteiger partial charge on any atom is -0.489 e. The van der Waals surface area contributed by atoms with Gasteiger partial charge in [0.1, 0.15) is 23.5 Å². The number of ether oxygens (including phenoxy) is 1. The molecule has 1 unspecified atom stereocenters. The molecule has 1 fully saturated rings. The summed E-state index contributed by atoms with van der Waals surface area (Å²) in [5.74, 6) is 2.13. The summed E-state index contributed by atoms with van der Waals surface area (Å²) in [4.78, 5) is 21.6. The van der Waals surface area contributed by atoms with Crippen molar-refractivity contribution < 1.29 is 9.53 Å². The third-order valence-corrected chi connectivity index (χ3v) is 4.61. The highest BCUT2D eigenvalue weighted by atomic mass is 35.5. The molecule has 0 spiro atoms. The molecule has 132 valence electrons. The Morgan fingerprint density at radius 1 is 1.36 bits per heavy atom. The SMILES string of the molecule is CC(=O)C[C@@H](C)c1ccc(OC2CCN(c3ccnc(Cl)n3)C2)cc1. The lowest BCUT2D eigenvalue weighted by Gasteiger charge is -2.18. The summed E-state index contributed by atoms with van der Waals surface area (Å²) in [7, 11) is 0. The molecule has 5 nitrogen and oxygen atoms in total. The fourth-order valence-corrected chi connectivity index (χ4v) is 3.29. The van der Waals surface area contributed by atoms with Crippen molar-refractivity contribution in [3.05, 3.63) is 47.4 Å². The predicted molar refractivity (Wildman–Crippen MR) is 98.4 cm³/mol. The van der Waals surface area contributed by atoms with E-state index >= 15 is 0 Å². The molecule has 1 aliphatic rings. The normalized spacial score (nSPS) is 18.2. The Bertz CT molecular complexity index is 736. The van der Waals surface area contributed by atoms with E-state index in [1.807, 2.05) is 30.3 Å². The number of halogens is 1. The molecule has 3 rings (SSSR count). The van der Waals surface area contributed by atoms with Crippen molar-refractivity contribution in [2.45, 2.75) is 38.7 Å². The molecule has 0 saturated carbocycles. The first-order chi connectivity index (χ1) is 12.0. The van der Waals surface area contributed by atoms with Crippen molar-refractivity contribution in [1.29, 1.82) is 0 Å². The predicted octanol–water partition coefficient (Wildman–Crippen LogP) is 3.87. The smallest absolute Gasteiger partial charge is 0.224 e. The van der Waals surface area contributed by atoms with E-state index in [4.69, 9.17) is 16.3 Å². The van der Waals surface area contributed by atoms with E-state index in [2.05, 4.69) is 21.8 Å². The molecule has 25 heavy (non-hydrogen) atoms. The van der Waals surface area contributed by atoms with Crippen LogP contribution in [0, 0.1) is 0 Å². The first-order valence-corrected chi connectivity index (χ1v) is 8.88. The van der Waals surface area contributed by atoms with Gasteiger partial charge in [0.25, 0.3) is 0 Å². The Hall–Kier alpha value is -2.14. The summed E-state index contributed by atoms with van der Waals surface area (Å²) in [5, 5.41) is 0.261. The van der Waals surface area contributed by atoms with Crippen LogP contribution in [0.2, 0.25) is 5.28 Å². The van der Waals surface area contributed by atoms with Gasteiger partial charge in [0, 0.05) is 25.6 Å². The molecule has 0 bridgehead atoms. The molecular formula is C19H22ClN3O2. The summed E-state index contributed by atoms with van der Waals surface area (Å²) in [6.07, 6.45) is 3.29. The number of carbonyl (C=O) groups excluding carboxylic acids is 1. The molecule has 1 aliphatic heterocycles. The van der Waals surface area contributed by atoms with Gasteiger partial charge in [0.2, 0.25) is 5.28 Å². The highest BCUT2D eigenvalue weighted by Crippen LogP contribution is 2.25. The summed E-state index contributed by atoms with van der Waals surface area (Å²) in [6, 6.07) is 9.91. The van der Waals surface area contributed by atoms with Crippen LogP contribution in [0.1, 0.15) is 38.2 Å². The van der Waals surface area contributed by atoms with E-state index in [-0.39, 0.29) is 23.1 Å². The van der Waals surface area contributed by atoms with Crippen LogP contribution in [-0.2, 0) is 4.79 Å². The average Bonchev–Trinajstić information content (AvgIpc) is 3.03. The lowest BCUT2D eigenvalue weighted by atomic mass is 9.96. The van der Waals surface area contributed by atoms with Gasteiger partial charge in [-0.25, -0.2) is 9.97 Å². The zero-order chi connectivity index (χ0) is 17.8. The second kappa shape index (κ2) is 7.83. The summed E-state index contributed by atoms with van der Waals surface area (Å²) < 4.78 is 6.09. The number of ketones is 1.